The van der Waals surface area contributed by atoms with Crippen LogP contribution < -0.4 is 19.7 Å². The van der Waals surface area contributed by atoms with Crippen molar-refractivity contribution in [1.29, 1.82) is 0 Å². The van der Waals surface area contributed by atoms with Gasteiger partial charge in [-0.15, -0.1) is 10.2 Å². The van der Waals surface area contributed by atoms with E-state index in [0.29, 0.717) is 22.7 Å². The first-order valence-corrected chi connectivity index (χ1v) is 9.91. The second-order valence-corrected chi connectivity index (χ2v) is 7.04. The van der Waals surface area contributed by atoms with Gasteiger partial charge in [-0.1, -0.05) is 18.2 Å². The van der Waals surface area contributed by atoms with Crippen LogP contribution in [-0.2, 0) is 0 Å². The zero-order chi connectivity index (χ0) is 20.9. The predicted octanol–water partition coefficient (Wildman–Crippen LogP) is 4.01. The van der Waals surface area contributed by atoms with E-state index in [4.69, 9.17) is 9.47 Å². The van der Waals surface area contributed by atoms with Gasteiger partial charge < -0.3 is 19.7 Å². The van der Waals surface area contributed by atoms with Gasteiger partial charge in [-0.05, 0) is 49.2 Å². The summed E-state index contributed by atoms with van der Waals surface area (Å²) in [6, 6.07) is 16.7. The van der Waals surface area contributed by atoms with Crippen LogP contribution in [0.3, 0.4) is 0 Å². The van der Waals surface area contributed by atoms with Gasteiger partial charge in [0.25, 0.3) is 5.91 Å². The summed E-state index contributed by atoms with van der Waals surface area (Å²) in [5.41, 5.74) is 2.63. The number of carbonyl (C=O) groups excluding carboxylic acids is 1. The van der Waals surface area contributed by atoms with Gasteiger partial charge in [-0.3, -0.25) is 4.79 Å². The summed E-state index contributed by atoms with van der Waals surface area (Å²) in [6.07, 6.45) is 2.39. The number of ether oxygens (including phenoxy) is 2. The number of anilines is 2. The first-order chi connectivity index (χ1) is 14.7. The standard InChI is InChI=1S/C23H24N4O3/c1-29-19-9-6-10-20(30-2)22(19)23(28)24-17-8-5-7-16(15-17)18-11-12-21(26-25-18)27-13-3-4-14-27/h5-12,15H,3-4,13-14H2,1-2H3,(H,24,28). The minimum atomic E-state index is -0.308. The molecule has 0 unspecified atom stereocenters. The van der Waals surface area contributed by atoms with Crippen LogP contribution in [-0.4, -0.2) is 43.4 Å². The van der Waals surface area contributed by atoms with Gasteiger partial charge in [0.05, 0.1) is 19.9 Å². The first-order valence-electron chi connectivity index (χ1n) is 9.91. The summed E-state index contributed by atoms with van der Waals surface area (Å²) >= 11 is 0. The van der Waals surface area contributed by atoms with Gasteiger partial charge in [0.2, 0.25) is 0 Å². The Morgan fingerprint density at radius 1 is 0.933 bits per heavy atom. The maximum atomic E-state index is 12.9. The Balaban J connectivity index is 1.55. The van der Waals surface area contributed by atoms with Crippen molar-refractivity contribution in [1.82, 2.24) is 10.2 Å². The van der Waals surface area contributed by atoms with E-state index in [0.717, 1.165) is 30.2 Å². The third kappa shape index (κ3) is 4.05. The van der Waals surface area contributed by atoms with E-state index >= 15 is 0 Å². The molecule has 30 heavy (non-hydrogen) atoms. The van der Waals surface area contributed by atoms with E-state index < -0.39 is 0 Å². The number of rotatable bonds is 6. The van der Waals surface area contributed by atoms with Gasteiger partial charge in [0.1, 0.15) is 17.1 Å². The summed E-state index contributed by atoms with van der Waals surface area (Å²) < 4.78 is 10.7. The second kappa shape index (κ2) is 8.82. The molecule has 1 aliphatic rings. The topological polar surface area (TPSA) is 76.6 Å². The molecule has 154 valence electrons. The van der Waals surface area contributed by atoms with Crippen LogP contribution in [0.5, 0.6) is 11.5 Å². The number of benzene rings is 2. The summed E-state index contributed by atoms with van der Waals surface area (Å²) in [4.78, 5) is 15.2. The molecule has 1 saturated heterocycles. The van der Waals surface area contributed by atoms with Crippen LogP contribution in [0.1, 0.15) is 23.2 Å². The summed E-state index contributed by atoms with van der Waals surface area (Å²) in [5, 5.41) is 11.7. The highest BCUT2D eigenvalue weighted by molar-refractivity contribution is 6.08. The monoisotopic (exact) mass is 404 g/mol. The molecule has 7 nitrogen and oxygen atoms in total. The molecular weight excluding hydrogens is 380 g/mol. The molecule has 1 amide bonds. The normalized spacial score (nSPS) is 13.2. The van der Waals surface area contributed by atoms with Crippen molar-refractivity contribution in [2.75, 3.05) is 37.5 Å². The number of nitrogens with one attached hydrogen (secondary N) is 1. The van der Waals surface area contributed by atoms with Gasteiger partial charge in [-0.25, -0.2) is 0 Å². The lowest BCUT2D eigenvalue weighted by atomic mass is 10.1. The Kier molecular flexibility index (Phi) is 5.79. The zero-order valence-electron chi connectivity index (χ0n) is 17.1. The molecule has 0 spiro atoms. The fourth-order valence-corrected chi connectivity index (χ4v) is 3.62. The van der Waals surface area contributed by atoms with Crippen molar-refractivity contribution in [2.24, 2.45) is 0 Å². The number of amides is 1. The van der Waals surface area contributed by atoms with Crippen LogP contribution in [0, 0.1) is 0 Å². The number of methoxy groups -OCH3 is 2. The Morgan fingerprint density at radius 3 is 2.27 bits per heavy atom. The lowest BCUT2D eigenvalue weighted by Crippen LogP contribution is -2.19. The smallest absolute Gasteiger partial charge is 0.263 e. The van der Waals surface area contributed by atoms with Crippen molar-refractivity contribution < 1.29 is 14.3 Å². The molecule has 2 heterocycles. The zero-order valence-corrected chi connectivity index (χ0v) is 17.1. The van der Waals surface area contributed by atoms with E-state index in [1.807, 2.05) is 36.4 Å². The largest absolute Gasteiger partial charge is 0.496 e. The molecule has 0 bridgehead atoms. The van der Waals surface area contributed by atoms with Gasteiger partial charge in [0.15, 0.2) is 5.82 Å². The third-order valence-electron chi connectivity index (χ3n) is 5.15. The number of carbonyl (C=O) groups is 1. The van der Waals surface area contributed by atoms with Gasteiger partial charge in [-0.2, -0.15) is 0 Å². The lowest BCUT2D eigenvalue weighted by molar-refractivity contribution is 0.102. The molecule has 0 atom stereocenters. The Hall–Kier alpha value is -3.61. The number of hydrogen-bond donors (Lipinski definition) is 1. The van der Waals surface area contributed by atoms with E-state index in [1.165, 1.54) is 27.1 Å². The molecule has 0 saturated carbocycles. The second-order valence-electron chi connectivity index (χ2n) is 7.04. The van der Waals surface area contributed by atoms with Crippen LogP contribution in [0.25, 0.3) is 11.3 Å². The molecule has 1 N–H and O–H groups in total. The van der Waals surface area contributed by atoms with E-state index in [-0.39, 0.29) is 5.91 Å². The molecule has 7 heteroatoms. The van der Waals surface area contributed by atoms with Crippen molar-refractivity contribution in [3.05, 3.63) is 60.2 Å². The molecular formula is C23H24N4O3. The van der Waals surface area contributed by atoms with Gasteiger partial charge >= 0.3 is 0 Å². The number of hydrogen-bond acceptors (Lipinski definition) is 6. The molecule has 3 aromatic rings. The Labute approximate surface area is 175 Å². The summed E-state index contributed by atoms with van der Waals surface area (Å²) in [7, 11) is 3.05. The SMILES string of the molecule is COc1cccc(OC)c1C(=O)Nc1cccc(-c2ccc(N3CCCC3)nn2)c1. The Morgan fingerprint density at radius 2 is 1.63 bits per heavy atom. The molecule has 2 aromatic carbocycles. The number of nitrogens with zero attached hydrogens (tertiary/aromatic N) is 3. The third-order valence-corrected chi connectivity index (χ3v) is 5.15. The van der Waals surface area contributed by atoms with E-state index in [2.05, 4.69) is 20.4 Å². The molecule has 0 radical (unpaired) electrons. The highest BCUT2D eigenvalue weighted by Gasteiger charge is 2.19. The van der Waals surface area contributed by atoms with E-state index in [1.54, 1.807) is 18.2 Å². The molecule has 4 rings (SSSR count). The summed E-state index contributed by atoms with van der Waals surface area (Å²) in [6.45, 7) is 2.06. The molecule has 0 aliphatic carbocycles. The molecule has 1 aromatic heterocycles. The van der Waals surface area contributed by atoms with Crippen LogP contribution in [0.4, 0.5) is 11.5 Å². The molecule has 1 aliphatic heterocycles. The average Bonchev–Trinajstić information content (AvgIpc) is 3.33. The van der Waals surface area contributed by atoms with Crippen LogP contribution in [0.15, 0.2) is 54.6 Å². The first kappa shape index (κ1) is 19.7. The van der Waals surface area contributed by atoms with Crippen molar-refractivity contribution in [3.63, 3.8) is 0 Å². The fraction of sp³-hybridized carbons (Fsp3) is 0.261. The highest BCUT2D eigenvalue weighted by atomic mass is 16.5. The van der Waals surface area contributed by atoms with E-state index in [9.17, 15) is 4.79 Å². The van der Waals surface area contributed by atoms with Crippen molar-refractivity contribution >= 4 is 17.4 Å². The van der Waals surface area contributed by atoms with Gasteiger partial charge in [0, 0.05) is 24.3 Å². The van der Waals surface area contributed by atoms with Crippen LogP contribution in [0.2, 0.25) is 0 Å². The van der Waals surface area contributed by atoms with Crippen molar-refractivity contribution in [2.45, 2.75) is 12.8 Å². The Bertz CT molecular complexity index is 1010. The minimum absolute atomic E-state index is 0.308. The lowest BCUT2D eigenvalue weighted by Gasteiger charge is -2.15. The maximum Gasteiger partial charge on any atom is 0.263 e. The highest BCUT2D eigenvalue weighted by Crippen LogP contribution is 2.30. The fourth-order valence-electron chi connectivity index (χ4n) is 3.62. The van der Waals surface area contributed by atoms with Crippen LogP contribution >= 0.6 is 0 Å². The quantitative estimate of drug-likeness (QED) is 0.669. The van der Waals surface area contributed by atoms with Crippen molar-refractivity contribution in [3.8, 4) is 22.8 Å². The maximum absolute atomic E-state index is 12.9. The minimum Gasteiger partial charge on any atom is -0.496 e. The summed E-state index contributed by atoms with van der Waals surface area (Å²) in [5.74, 6) is 1.50. The number of aromatic nitrogens is 2. The average molecular weight is 404 g/mol. The molecule has 1 fully saturated rings. The predicted molar refractivity (Wildman–Crippen MR) is 116 cm³/mol.